The van der Waals surface area contributed by atoms with E-state index in [0.717, 1.165) is 46.6 Å². The highest BCUT2D eigenvalue weighted by atomic mass is 19.1. The van der Waals surface area contributed by atoms with Crippen molar-refractivity contribution in [1.29, 1.82) is 0 Å². The van der Waals surface area contributed by atoms with E-state index in [2.05, 4.69) is 44.3 Å². The Balaban J connectivity index is 1.61. The number of nitrogens with zero attached hydrogens (tertiary/aromatic N) is 4. The molecule has 0 spiro atoms. The molecule has 4 rings (SSSR count). The maximum atomic E-state index is 13.7. The SMILES string of the molecule is C=C1\C=C/C(c2c[nH]nc2-c2ccc(F)c(C)n2)=C/C=C/C1=C/C(=C\C)c1ccn(CCNC)n1. The van der Waals surface area contributed by atoms with Gasteiger partial charge in [0.1, 0.15) is 11.5 Å². The van der Waals surface area contributed by atoms with E-state index >= 15 is 0 Å². The summed E-state index contributed by atoms with van der Waals surface area (Å²) in [7, 11) is 1.93. The number of H-pyrrole nitrogens is 1. The zero-order valence-electron chi connectivity index (χ0n) is 20.2. The van der Waals surface area contributed by atoms with Crippen LogP contribution >= 0.6 is 0 Å². The van der Waals surface area contributed by atoms with Crippen molar-refractivity contribution in [2.24, 2.45) is 0 Å². The lowest BCUT2D eigenvalue weighted by molar-refractivity contribution is 0.583. The number of aromatic amines is 1. The Labute approximate surface area is 205 Å². The van der Waals surface area contributed by atoms with Crippen LogP contribution in [0.15, 0.2) is 90.9 Å². The van der Waals surface area contributed by atoms with Gasteiger partial charge in [0, 0.05) is 24.5 Å². The average Bonchev–Trinajstić information content (AvgIpc) is 3.52. The Bertz CT molecular complexity index is 1380. The summed E-state index contributed by atoms with van der Waals surface area (Å²) in [5, 5.41) is 15.1. The molecule has 0 saturated heterocycles. The monoisotopic (exact) mass is 468 g/mol. The van der Waals surface area contributed by atoms with Gasteiger partial charge in [-0.2, -0.15) is 10.2 Å². The Morgan fingerprint density at radius 1 is 1.23 bits per heavy atom. The summed E-state index contributed by atoms with van der Waals surface area (Å²) in [6.45, 7) is 9.60. The van der Waals surface area contributed by atoms with E-state index in [1.54, 1.807) is 13.0 Å². The molecule has 6 nitrogen and oxygen atoms in total. The lowest BCUT2D eigenvalue weighted by atomic mass is 9.96. The molecule has 3 heterocycles. The van der Waals surface area contributed by atoms with Crippen LogP contribution in [0.1, 0.15) is 23.9 Å². The lowest BCUT2D eigenvalue weighted by Crippen LogP contribution is -2.15. The van der Waals surface area contributed by atoms with Crippen LogP contribution in [0.5, 0.6) is 0 Å². The minimum Gasteiger partial charge on any atom is -0.318 e. The molecule has 2 N–H and O–H groups in total. The summed E-state index contributed by atoms with van der Waals surface area (Å²) < 4.78 is 15.6. The van der Waals surface area contributed by atoms with Gasteiger partial charge in [-0.3, -0.25) is 9.78 Å². The van der Waals surface area contributed by atoms with Gasteiger partial charge in [0.2, 0.25) is 0 Å². The first kappa shape index (κ1) is 24.0. The van der Waals surface area contributed by atoms with E-state index in [4.69, 9.17) is 0 Å². The van der Waals surface area contributed by atoms with Crippen molar-refractivity contribution in [3.05, 3.63) is 114 Å². The average molecular weight is 469 g/mol. The highest BCUT2D eigenvalue weighted by molar-refractivity contribution is 5.84. The van der Waals surface area contributed by atoms with E-state index in [1.807, 2.05) is 67.5 Å². The van der Waals surface area contributed by atoms with Crippen LogP contribution in [0.3, 0.4) is 0 Å². The van der Waals surface area contributed by atoms with Crippen molar-refractivity contribution in [1.82, 2.24) is 30.3 Å². The van der Waals surface area contributed by atoms with Crippen molar-refractivity contribution < 1.29 is 4.39 Å². The van der Waals surface area contributed by atoms with Crippen molar-refractivity contribution >= 4 is 11.1 Å². The zero-order valence-corrected chi connectivity index (χ0v) is 20.2. The lowest BCUT2D eigenvalue weighted by Gasteiger charge is -2.09. The molecule has 35 heavy (non-hydrogen) atoms. The third kappa shape index (κ3) is 5.53. The van der Waals surface area contributed by atoms with Crippen molar-refractivity contribution in [2.75, 3.05) is 13.6 Å². The fourth-order valence-electron chi connectivity index (χ4n) is 3.75. The molecule has 0 atom stereocenters. The van der Waals surface area contributed by atoms with Crippen molar-refractivity contribution in [3.63, 3.8) is 0 Å². The molecule has 7 heteroatoms. The second-order valence-electron chi connectivity index (χ2n) is 8.16. The number of aromatic nitrogens is 5. The molecule has 0 unspecified atom stereocenters. The predicted molar refractivity (Wildman–Crippen MR) is 140 cm³/mol. The van der Waals surface area contributed by atoms with Crippen LogP contribution in [-0.2, 0) is 6.54 Å². The Morgan fingerprint density at radius 2 is 2.09 bits per heavy atom. The maximum Gasteiger partial charge on any atom is 0.144 e. The Morgan fingerprint density at radius 3 is 2.86 bits per heavy atom. The third-order valence-corrected chi connectivity index (χ3v) is 5.75. The highest BCUT2D eigenvalue weighted by Gasteiger charge is 2.14. The number of allylic oxidation sites excluding steroid dienone is 11. The maximum absolute atomic E-state index is 13.7. The third-order valence-electron chi connectivity index (χ3n) is 5.75. The summed E-state index contributed by atoms with van der Waals surface area (Å²) in [6, 6.07) is 5.08. The van der Waals surface area contributed by atoms with E-state index in [-0.39, 0.29) is 5.82 Å². The molecular formula is C28H29FN6. The van der Waals surface area contributed by atoms with Gasteiger partial charge in [0.15, 0.2) is 0 Å². The summed E-state index contributed by atoms with van der Waals surface area (Å²) >= 11 is 0. The smallest absolute Gasteiger partial charge is 0.144 e. The Kier molecular flexibility index (Phi) is 7.48. The first-order chi connectivity index (χ1) is 17.0. The standard InChI is InChI=1S/C28H29FN6/c1-5-21(26-13-15-35(34-26)16-14-30-4)17-23-8-6-7-22(10-9-19(23)2)24-18-31-33-28(24)27-12-11-25(29)20(3)32-27/h5-13,15,17-18,30H,2,14,16H2,1,3-4H3,(H,31,33)/b8-6+,10-9-,21-5+,22-7-,23-17-. The second-order valence-corrected chi connectivity index (χ2v) is 8.16. The molecule has 3 aromatic heterocycles. The quantitative estimate of drug-likeness (QED) is 0.485. The molecule has 0 aromatic carbocycles. The summed E-state index contributed by atoms with van der Waals surface area (Å²) in [6.07, 6.45) is 18.0. The first-order valence-electron chi connectivity index (χ1n) is 11.5. The van der Waals surface area contributed by atoms with E-state index in [0.29, 0.717) is 17.1 Å². The molecule has 3 aromatic rings. The number of hydrogen-bond donors (Lipinski definition) is 2. The summed E-state index contributed by atoms with van der Waals surface area (Å²) in [4.78, 5) is 4.36. The van der Waals surface area contributed by atoms with Crippen LogP contribution < -0.4 is 5.32 Å². The topological polar surface area (TPSA) is 71.4 Å². The van der Waals surface area contributed by atoms with Gasteiger partial charge in [-0.05, 0) is 67.5 Å². The molecule has 178 valence electrons. The molecule has 0 saturated carbocycles. The van der Waals surface area contributed by atoms with Crippen LogP contribution in [0.4, 0.5) is 4.39 Å². The normalized spacial score (nSPS) is 18.7. The van der Waals surface area contributed by atoms with Gasteiger partial charge in [0.05, 0.1) is 23.6 Å². The number of rotatable bonds is 7. The summed E-state index contributed by atoms with van der Waals surface area (Å²) in [5.41, 5.74) is 7.28. The first-order valence-corrected chi connectivity index (χ1v) is 11.5. The fraction of sp³-hybridized carbons (Fsp3) is 0.179. The van der Waals surface area contributed by atoms with Crippen LogP contribution in [0.2, 0.25) is 0 Å². The van der Waals surface area contributed by atoms with Crippen LogP contribution in [0, 0.1) is 12.7 Å². The Hall–Kier alpha value is -4.10. The number of pyridine rings is 1. The van der Waals surface area contributed by atoms with Crippen LogP contribution in [-0.4, -0.2) is 38.6 Å². The molecule has 1 aliphatic carbocycles. The summed E-state index contributed by atoms with van der Waals surface area (Å²) in [5.74, 6) is -0.334. The molecule has 0 radical (unpaired) electrons. The van der Waals surface area contributed by atoms with Crippen LogP contribution in [0.25, 0.3) is 22.5 Å². The molecule has 0 bridgehead atoms. The van der Waals surface area contributed by atoms with Gasteiger partial charge >= 0.3 is 0 Å². The molecular weight excluding hydrogens is 439 g/mol. The van der Waals surface area contributed by atoms with E-state index in [9.17, 15) is 4.39 Å². The van der Waals surface area contributed by atoms with Gasteiger partial charge in [-0.15, -0.1) is 0 Å². The molecule has 0 fully saturated rings. The molecule has 0 amide bonds. The largest absolute Gasteiger partial charge is 0.318 e. The number of nitrogens with one attached hydrogen (secondary N) is 2. The van der Waals surface area contributed by atoms with E-state index < -0.39 is 0 Å². The van der Waals surface area contributed by atoms with Crippen molar-refractivity contribution in [2.45, 2.75) is 20.4 Å². The minimum atomic E-state index is -0.334. The number of halogens is 1. The molecule has 1 aliphatic rings. The zero-order chi connectivity index (χ0) is 24.8. The van der Waals surface area contributed by atoms with E-state index in [1.165, 1.54) is 6.07 Å². The van der Waals surface area contributed by atoms with Gasteiger partial charge in [-0.1, -0.05) is 43.0 Å². The highest BCUT2D eigenvalue weighted by Crippen LogP contribution is 2.29. The van der Waals surface area contributed by atoms with Crippen molar-refractivity contribution in [3.8, 4) is 11.4 Å². The predicted octanol–water partition coefficient (Wildman–Crippen LogP) is 5.43. The second kappa shape index (κ2) is 10.9. The number of hydrogen-bond acceptors (Lipinski definition) is 4. The fourth-order valence-corrected chi connectivity index (χ4v) is 3.75. The molecule has 0 aliphatic heterocycles. The number of aryl methyl sites for hydroxylation is 1. The minimum absolute atomic E-state index is 0.334. The van der Waals surface area contributed by atoms with Gasteiger partial charge < -0.3 is 5.32 Å². The van der Waals surface area contributed by atoms with Gasteiger partial charge in [-0.25, -0.2) is 9.37 Å². The van der Waals surface area contributed by atoms with Gasteiger partial charge in [0.25, 0.3) is 0 Å². The number of likely N-dealkylation sites (N-methyl/N-ethyl adjacent to an activating group) is 1.